The molecule has 13 nitrogen and oxygen atoms in total. The molecule has 63 heavy (non-hydrogen) atoms. The van der Waals surface area contributed by atoms with Crippen molar-refractivity contribution in [1.29, 1.82) is 0 Å². The van der Waals surface area contributed by atoms with Gasteiger partial charge in [0.1, 0.15) is 11.2 Å². The molecule has 10 atom stereocenters. The summed E-state index contributed by atoms with van der Waals surface area (Å²) in [6.07, 6.45) is 4.19. The second-order valence-electron chi connectivity index (χ2n) is 19.1. The number of halogens is 2. The summed E-state index contributed by atoms with van der Waals surface area (Å²) in [7, 11) is 5.86. The first-order valence-corrected chi connectivity index (χ1v) is 22.1. The molecule has 2 bridgehead atoms. The Morgan fingerprint density at radius 1 is 0.984 bits per heavy atom. The predicted molar refractivity (Wildman–Crippen MR) is 229 cm³/mol. The lowest BCUT2D eigenvalue weighted by atomic mass is 9.47. The number of piperidine rings is 1. The summed E-state index contributed by atoms with van der Waals surface area (Å²) in [4.78, 5) is 65.6. The van der Waals surface area contributed by atoms with E-state index < -0.39 is 75.7 Å². The van der Waals surface area contributed by atoms with Crippen LogP contribution in [0.4, 0.5) is 14.5 Å². The molecule has 6 aliphatic rings. The van der Waals surface area contributed by atoms with Gasteiger partial charge in [0.15, 0.2) is 11.9 Å². The number of nitrogens with one attached hydrogen (secondary N) is 1. The number of ether oxygens (including phenoxy) is 4. The number of aromatic nitrogens is 1. The van der Waals surface area contributed by atoms with E-state index in [1.807, 2.05) is 48.2 Å². The summed E-state index contributed by atoms with van der Waals surface area (Å²) in [6.45, 7) is 7.99. The summed E-state index contributed by atoms with van der Waals surface area (Å²) in [6, 6.07) is 7.83. The smallest absolute Gasteiger partial charge is 0.344 e. The van der Waals surface area contributed by atoms with Gasteiger partial charge < -0.3 is 38.8 Å². The van der Waals surface area contributed by atoms with Crippen LogP contribution in [0.1, 0.15) is 86.1 Å². The van der Waals surface area contributed by atoms with Crippen molar-refractivity contribution < 1.29 is 52.0 Å². The van der Waals surface area contributed by atoms with Crippen LogP contribution in [-0.2, 0) is 45.8 Å². The molecule has 6 heterocycles. The van der Waals surface area contributed by atoms with Gasteiger partial charge in [0.25, 0.3) is 0 Å². The molecule has 0 amide bonds. The second kappa shape index (κ2) is 14.8. The van der Waals surface area contributed by atoms with E-state index in [1.54, 1.807) is 13.1 Å². The Balaban J connectivity index is 1.37. The summed E-state index contributed by atoms with van der Waals surface area (Å²) < 4.78 is 54.7. The first kappa shape index (κ1) is 43.4. The van der Waals surface area contributed by atoms with Crippen molar-refractivity contribution in [3.8, 4) is 5.75 Å². The monoisotopic (exact) mass is 872 g/mol. The number of anilines is 1. The van der Waals surface area contributed by atoms with Crippen molar-refractivity contribution in [3.63, 3.8) is 0 Å². The fraction of sp³-hybridized carbons (Fsp3) is 0.583. The highest BCUT2D eigenvalue weighted by Crippen LogP contribution is 2.68. The van der Waals surface area contributed by atoms with E-state index in [1.165, 1.54) is 35.2 Å². The van der Waals surface area contributed by atoms with Crippen molar-refractivity contribution in [3.05, 3.63) is 70.4 Å². The van der Waals surface area contributed by atoms with Gasteiger partial charge in [-0.2, -0.15) is 0 Å². The third kappa shape index (κ3) is 5.86. The molecule has 0 radical (unpaired) electrons. The SMILES string of the molecule is CC[C@]12C=CCN3CC[C@@]4(c5cc([C@@]6(C(=O)OC)C[C@@H]7C[C@@H](C(C)(F)F)CN(CCc8c6[nH]c6ccc(C(C)=O)cc86)C7)c(OC)cc5N(C)[C@H]4[C@@](O)(C(=O)OC)[C@@H]1OC(C)=O)[C@@H]32. The van der Waals surface area contributed by atoms with Crippen molar-refractivity contribution in [2.24, 2.45) is 17.3 Å². The Labute approximate surface area is 366 Å². The number of carbonyl (C=O) groups excluding carboxylic acids is 4. The largest absolute Gasteiger partial charge is 0.496 e. The summed E-state index contributed by atoms with van der Waals surface area (Å²) in [5.74, 6) is -6.34. The topological polar surface area (TPSA) is 151 Å². The minimum Gasteiger partial charge on any atom is -0.496 e. The third-order valence-electron chi connectivity index (χ3n) is 16.1. The first-order chi connectivity index (χ1) is 29.9. The van der Waals surface area contributed by atoms with Crippen LogP contribution in [0.5, 0.6) is 5.75 Å². The number of ketones is 1. The van der Waals surface area contributed by atoms with E-state index in [2.05, 4.69) is 14.8 Å². The average Bonchev–Trinajstić information content (AvgIpc) is 3.92. The van der Waals surface area contributed by atoms with Crippen LogP contribution >= 0.6 is 0 Å². The molecule has 1 aliphatic carbocycles. The Kier molecular flexibility index (Phi) is 10.2. The summed E-state index contributed by atoms with van der Waals surface area (Å²) in [5.41, 5.74) is -1.75. The zero-order valence-corrected chi connectivity index (χ0v) is 37.3. The normalized spacial score (nSPS) is 34.4. The highest BCUT2D eigenvalue weighted by Gasteiger charge is 2.80. The zero-order valence-electron chi connectivity index (χ0n) is 37.3. The van der Waals surface area contributed by atoms with Gasteiger partial charge in [-0.05, 0) is 93.8 Å². The Morgan fingerprint density at radius 3 is 2.38 bits per heavy atom. The number of alkyl halides is 2. The maximum atomic E-state index is 15.4. The van der Waals surface area contributed by atoms with Gasteiger partial charge in [-0.3, -0.25) is 19.3 Å². The molecule has 5 aliphatic heterocycles. The summed E-state index contributed by atoms with van der Waals surface area (Å²) in [5, 5.41) is 14.1. The minimum absolute atomic E-state index is 0.0847. The van der Waals surface area contributed by atoms with Crippen LogP contribution in [0.2, 0.25) is 0 Å². The lowest BCUT2D eigenvalue weighted by molar-refractivity contribution is -0.228. The number of fused-ring (bicyclic) bond motifs is 6. The number of aliphatic hydroxyl groups is 1. The van der Waals surface area contributed by atoms with Gasteiger partial charge in [-0.15, -0.1) is 0 Å². The molecule has 15 heteroatoms. The molecule has 2 N–H and O–H groups in total. The summed E-state index contributed by atoms with van der Waals surface area (Å²) >= 11 is 0. The van der Waals surface area contributed by atoms with Crippen molar-refractivity contribution in [2.45, 2.75) is 100 Å². The zero-order chi connectivity index (χ0) is 45.2. The van der Waals surface area contributed by atoms with E-state index in [0.717, 1.165) is 23.4 Å². The van der Waals surface area contributed by atoms with Gasteiger partial charge in [0.05, 0.1) is 27.4 Å². The fourth-order valence-corrected chi connectivity index (χ4v) is 13.7. The molecular weight excluding hydrogens is 815 g/mol. The third-order valence-corrected chi connectivity index (χ3v) is 16.1. The van der Waals surface area contributed by atoms with Crippen LogP contribution in [0.15, 0.2) is 42.5 Å². The fourth-order valence-electron chi connectivity index (χ4n) is 13.7. The number of rotatable bonds is 8. The highest BCUT2D eigenvalue weighted by molar-refractivity contribution is 6.00. The van der Waals surface area contributed by atoms with Gasteiger partial charge in [0, 0.05) is 102 Å². The van der Waals surface area contributed by atoms with E-state index >= 15 is 13.6 Å². The number of aromatic amines is 1. The molecule has 1 spiro atoms. The molecule has 1 unspecified atom stereocenters. The minimum atomic E-state index is -2.98. The lowest BCUT2D eigenvalue weighted by Gasteiger charge is -2.63. The van der Waals surface area contributed by atoms with Gasteiger partial charge in [-0.25, -0.2) is 13.6 Å². The predicted octanol–water partition coefficient (Wildman–Crippen LogP) is 5.32. The molecule has 2 aromatic carbocycles. The van der Waals surface area contributed by atoms with Gasteiger partial charge in [0.2, 0.25) is 11.5 Å². The Bertz CT molecular complexity index is 2450. The van der Waals surface area contributed by atoms with Crippen molar-refractivity contribution >= 4 is 40.3 Å². The maximum absolute atomic E-state index is 15.4. The van der Waals surface area contributed by atoms with Crippen molar-refractivity contribution in [1.82, 2.24) is 14.8 Å². The molecule has 9 rings (SSSR count). The molecule has 2 saturated heterocycles. The number of methoxy groups -OCH3 is 3. The van der Waals surface area contributed by atoms with Crippen LogP contribution in [0.25, 0.3) is 10.9 Å². The Morgan fingerprint density at radius 2 is 1.73 bits per heavy atom. The number of nitrogens with zero attached hydrogens (tertiary/aromatic N) is 3. The number of esters is 3. The molecule has 1 saturated carbocycles. The first-order valence-electron chi connectivity index (χ1n) is 22.1. The molecule has 3 aromatic rings. The number of hydrogen-bond acceptors (Lipinski definition) is 12. The lowest BCUT2D eigenvalue weighted by Crippen LogP contribution is -2.81. The molecule has 338 valence electrons. The number of Topliss-reactive ketones (excluding diaryl/α,β-unsaturated/α-hetero) is 1. The number of benzene rings is 2. The van der Waals surface area contributed by atoms with E-state index in [-0.39, 0.29) is 25.2 Å². The standard InChI is InChI=1S/C48H58F2N4O9/c1-9-45-14-10-16-54-18-15-46(39(45)54)33-21-34(37(60-6)22-36(33)52(5)40(46)48(59,43(58)62-8)41(45)63-27(3)56)47(42(57)61-7)23-28-19-30(44(4,49)50)25-53(24-28)17-13-31-32-20-29(26(2)55)11-12-35(32)51-38(31)47/h10-12,14,20-22,28,30,39-41,51,59H,9,13,15-19,23-25H2,1-8H3/t28-,30+,39-,40+,41+,45+,46+,47-,48-/m0/s1. The molecule has 3 fully saturated rings. The number of likely N-dealkylation sites (N-methyl/N-ethyl adjacent to an activating group) is 1. The van der Waals surface area contributed by atoms with Crippen molar-refractivity contribution in [2.75, 3.05) is 66.0 Å². The quantitative estimate of drug-likeness (QED) is 0.131. The Hall–Kier alpha value is -4.86. The number of carbonyl (C=O) groups is 4. The van der Waals surface area contributed by atoms with Crippen LogP contribution in [0, 0.1) is 17.3 Å². The van der Waals surface area contributed by atoms with E-state index in [0.29, 0.717) is 79.2 Å². The van der Waals surface area contributed by atoms with Crippen LogP contribution in [0.3, 0.4) is 0 Å². The van der Waals surface area contributed by atoms with Gasteiger partial charge in [-0.1, -0.05) is 19.1 Å². The second-order valence-corrected chi connectivity index (χ2v) is 19.1. The number of H-pyrrole nitrogens is 1. The van der Waals surface area contributed by atoms with Gasteiger partial charge >= 0.3 is 17.9 Å². The average molecular weight is 873 g/mol. The highest BCUT2D eigenvalue weighted by atomic mass is 19.3. The van der Waals surface area contributed by atoms with E-state index in [4.69, 9.17) is 18.9 Å². The molecule has 1 aromatic heterocycles. The number of hydrogen-bond donors (Lipinski definition) is 2. The van der Waals surface area contributed by atoms with Crippen LogP contribution < -0.4 is 9.64 Å². The van der Waals surface area contributed by atoms with E-state index in [9.17, 15) is 19.5 Å². The maximum Gasteiger partial charge on any atom is 0.344 e. The molecular formula is C48H58F2N4O9. The van der Waals surface area contributed by atoms with Crippen LogP contribution in [-0.4, -0.2) is 134 Å².